The van der Waals surface area contributed by atoms with Gasteiger partial charge in [-0.2, -0.15) is 0 Å². The average molecular weight is 457 g/mol. The van der Waals surface area contributed by atoms with Gasteiger partial charge < -0.3 is 24.6 Å². The van der Waals surface area contributed by atoms with Crippen LogP contribution in [0.4, 0.5) is 0 Å². The summed E-state index contributed by atoms with van der Waals surface area (Å²) in [5.41, 5.74) is 0.999. The van der Waals surface area contributed by atoms with E-state index in [1.165, 1.54) is 24.9 Å². The van der Waals surface area contributed by atoms with Gasteiger partial charge in [-0.3, -0.25) is 4.79 Å². The Balaban J connectivity index is 1.76. The van der Waals surface area contributed by atoms with Gasteiger partial charge in [0.25, 0.3) is 5.91 Å². The Bertz CT molecular complexity index is 936. The maximum Gasteiger partial charge on any atom is 0.329 e. The molecule has 0 radical (unpaired) electrons. The molecular formula is C25H32N2O6. The highest BCUT2D eigenvalue weighted by atomic mass is 16.6. The molecule has 1 aromatic carbocycles. The molecule has 0 spiro atoms. The number of rotatable bonds is 7. The lowest BCUT2D eigenvalue weighted by atomic mass is 9.87. The number of ether oxygens (including phenoxy) is 3. The summed E-state index contributed by atoms with van der Waals surface area (Å²) in [6.07, 6.45) is 3.36. The second kappa shape index (κ2) is 11.7. The molecule has 8 heteroatoms. The molecule has 4 atom stereocenters. The van der Waals surface area contributed by atoms with E-state index in [2.05, 4.69) is 22.4 Å². The van der Waals surface area contributed by atoms with Gasteiger partial charge in [-0.1, -0.05) is 36.8 Å². The fraction of sp³-hybridized carbons (Fsp3) is 0.480. The van der Waals surface area contributed by atoms with E-state index in [4.69, 9.17) is 14.2 Å². The second-order valence-electron chi connectivity index (χ2n) is 8.18. The Morgan fingerprint density at radius 3 is 2.70 bits per heavy atom. The Kier molecular flexibility index (Phi) is 8.65. The lowest BCUT2D eigenvalue weighted by Gasteiger charge is -2.31. The summed E-state index contributed by atoms with van der Waals surface area (Å²) in [7, 11) is 1.38. The van der Waals surface area contributed by atoms with E-state index in [-0.39, 0.29) is 29.2 Å². The number of aromatic nitrogens is 1. The minimum Gasteiger partial charge on any atom is -0.503 e. The van der Waals surface area contributed by atoms with Crippen LogP contribution in [0.15, 0.2) is 42.6 Å². The van der Waals surface area contributed by atoms with Crippen LogP contribution >= 0.6 is 0 Å². The first-order valence-electron chi connectivity index (χ1n) is 11.3. The van der Waals surface area contributed by atoms with Crippen molar-refractivity contribution >= 4 is 11.9 Å². The number of pyridine rings is 1. The highest BCUT2D eigenvalue weighted by Gasteiger charge is 2.35. The lowest BCUT2D eigenvalue weighted by Crippen LogP contribution is -2.44. The maximum absolute atomic E-state index is 12.9. The first-order valence-corrected chi connectivity index (χ1v) is 11.3. The molecule has 178 valence electrons. The molecular weight excluding hydrogens is 424 g/mol. The van der Waals surface area contributed by atoms with Crippen LogP contribution < -0.4 is 10.1 Å². The smallest absolute Gasteiger partial charge is 0.329 e. The molecule has 0 bridgehead atoms. The van der Waals surface area contributed by atoms with Crippen molar-refractivity contribution in [2.45, 2.75) is 57.8 Å². The number of methoxy groups -OCH3 is 1. The quantitative estimate of drug-likeness (QED) is 0.616. The summed E-state index contributed by atoms with van der Waals surface area (Å²) in [5, 5.41) is 12.9. The van der Waals surface area contributed by atoms with Crippen molar-refractivity contribution in [3.05, 3.63) is 53.9 Å². The van der Waals surface area contributed by atoms with Crippen LogP contribution in [-0.4, -0.2) is 53.9 Å². The molecule has 2 heterocycles. The van der Waals surface area contributed by atoms with Crippen LogP contribution in [0.1, 0.15) is 49.2 Å². The molecule has 1 saturated heterocycles. The van der Waals surface area contributed by atoms with Gasteiger partial charge in [0.15, 0.2) is 17.2 Å². The molecule has 1 aliphatic rings. The van der Waals surface area contributed by atoms with E-state index in [0.29, 0.717) is 19.4 Å². The van der Waals surface area contributed by atoms with Crippen LogP contribution in [0.3, 0.4) is 0 Å². The predicted molar refractivity (Wildman–Crippen MR) is 122 cm³/mol. The normalized spacial score (nSPS) is 23.5. The fourth-order valence-corrected chi connectivity index (χ4v) is 4.31. The number of amides is 1. The highest BCUT2D eigenvalue weighted by Crippen LogP contribution is 2.29. The summed E-state index contributed by atoms with van der Waals surface area (Å²) in [5.74, 6) is -1.27. The highest BCUT2D eigenvalue weighted by molar-refractivity contribution is 5.97. The van der Waals surface area contributed by atoms with Crippen LogP contribution in [0.25, 0.3) is 0 Å². The molecule has 0 saturated carbocycles. The third kappa shape index (κ3) is 6.22. The SMILES string of the molecule is CCOC1C(Cc2ccccc2)CCCC(NC(=O)c2nccc(OC)c2O)C(=O)OC1C. The zero-order chi connectivity index (χ0) is 23.8. The fourth-order valence-electron chi connectivity index (χ4n) is 4.31. The molecule has 1 fully saturated rings. The molecule has 3 rings (SSSR count). The van der Waals surface area contributed by atoms with Crippen molar-refractivity contribution in [2.75, 3.05) is 13.7 Å². The van der Waals surface area contributed by atoms with Gasteiger partial charge in [-0.25, -0.2) is 9.78 Å². The minimum absolute atomic E-state index is 0.129. The molecule has 1 aromatic heterocycles. The average Bonchev–Trinajstić information content (AvgIpc) is 2.85. The van der Waals surface area contributed by atoms with Gasteiger partial charge in [-0.05, 0) is 44.6 Å². The molecule has 0 aliphatic carbocycles. The van der Waals surface area contributed by atoms with E-state index < -0.39 is 24.0 Å². The standard InChI is InChI=1S/C25H32N2O6/c1-4-32-23-16(2)33-25(30)19(12-8-11-18(23)15-17-9-6-5-7-10-17)27-24(29)21-22(28)20(31-3)13-14-26-21/h5-7,9-10,13-14,16,18-19,23,28H,4,8,11-12,15H2,1-3H3,(H,27,29). The third-order valence-corrected chi connectivity index (χ3v) is 5.91. The number of hydrogen-bond donors (Lipinski definition) is 2. The lowest BCUT2D eigenvalue weighted by molar-refractivity contribution is -0.160. The van der Waals surface area contributed by atoms with Gasteiger partial charge in [0.2, 0.25) is 0 Å². The summed E-state index contributed by atoms with van der Waals surface area (Å²) in [6, 6.07) is 10.8. The first kappa shape index (κ1) is 24.5. The molecule has 2 aromatic rings. The van der Waals surface area contributed by atoms with Crippen LogP contribution in [-0.2, 0) is 20.7 Å². The number of esters is 1. The Morgan fingerprint density at radius 2 is 2.00 bits per heavy atom. The molecule has 8 nitrogen and oxygen atoms in total. The van der Waals surface area contributed by atoms with Crippen LogP contribution in [0.5, 0.6) is 11.5 Å². The van der Waals surface area contributed by atoms with Crippen molar-refractivity contribution in [3.8, 4) is 11.5 Å². The number of benzene rings is 1. The summed E-state index contributed by atoms with van der Waals surface area (Å²) >= 11 is 0. The van der Waals surface area contributed by atoms with Crippen molar-refractivity contribution in [1.29, 1.82) is 0 Å². The van der Waals surface area contributed by atoms with Crippen molar-refractivity contribution in [1.82, 2.24) is 10.3 Å². The van der Waals surface area contributed by atoms with E-state index in [0.717, 1.165) is 12.8 Å². The van der Waals surface area contributed by atoms with Gasteiger partial charge in [-0.15, -0.1) is 0 Å². The Labute approximate surface area is 194 Å². The number of nitrogens with one attached hydrogen (secondary N) is 1. The third-order valence-electron chi connectivity index (χ3n) is 5.91. The van der Waals surface area contributed by atoms with E-state index >= 15 is 0 Å². The van der Waals surface area contributed by atoms with Crippen LogP contribution in [0.2, 0.25) is 0 Å². The Hall–Kier alpha value is -3.13. The molecule has 4 unspecified atom stereocenters. The summed E-state index contributed by atoms with van der Waals surface area (Å²) in [4.78, 5) is 29.6. The zero-order valence-corrected chi connectivity index (χ0v) is 19.3. The molecule has 2 N–H and O–H groups in total. The number of carbonyl (C=O) groups is 2. The van der Waals surface area contributed by atoms with Gasteiger partial charge in [0.05, 0.1) is 13.2 Å². The summed E-state index contributed by atoms with van der Waals surface area (Å²) in [6.45, 7) is 4.27. The van der Waals surface area contributed by atoms with Crippen molar-refractivity contribution in [3.63, 3.8) is 0 Å². The molecule has 1 aliphatic heterocycles. The second-order valence-corrected chi connectivity index (χ2v) is 8.18. The monoisotopic (exact) mass is 456 g/mol. The molecule has 1 amide bonds. The number of nitrogens with zero attached hydrogens (tertiary/aromatic N) is 1. The largest absolute Gasteiger partial charge is 0.503 e. The minimum atomic E-state index is -0.856. The zero-order valence-electron chi connectivity index (χ0n) is 19.3. The van der Waals surface area contributed by atoms with E-state index in [9.17, 15) is 14.7 Å². The summed E-state index contributed by atoms with van der Waals surface area (Å²) < 4.78 is 16.8. The van der Waals surface area contributed by atoms with E-state index in [1.807, 2.05) is 32.0 Å². The van der Waals surface area contributed by atoms with Crippen LogP contribution in [0, 0.1) is 5.92 Å². The Morgan fingerprint density at radius 1 is 1.24 bits per heavy atom. The maximum atomic E-state index is 12.9. The number of carbonyl (C=O) groups excluding carboxylic acids is 2. The van der Waals surface area contributed by atoms with Gasteiger partial charge >= 0.3 is 5.97 Å². The topological polar surface area (TPSA) is 107 Å². The number of hydrogen-bond acceptors (Lipinski definition) is 7. The predicted octanol–water partition coefficient (Wildman–Crippen LogP) is 3.27. The molecule has 33 heavy (non-hydrogen) atoms. The number of cyclic esters (lactones) is 1. The van der Waals surface area contributed by atoms with Crippen molar-refractivity contribution in [2.24, 2.45) is 5.92 Å². The van der Waals surface area contributed by atoms with Crippen molar-refractivity contribution < 1.29 is 28.9 Å². The van der Waals surface area contributed by atoms with Gasteiger partial charge in [0.1, 0.15) is 12.1 Å². The number of aromatic hydroxyl groups is 1. The van der Waals surface area contributed by atoms with Gasteiger partial charge in [0, 0.05) is 18.9 Å². The van der Waals surface area contributed by atoms with E-state index in [1.54, 1.807) is 0 Å². The first-order chi connectivity index (χ1) is 15.9.